The Hall–Kier alpha value is -2.27. The van der Waals surface area contributed by atoms with E-state index >= 15 is 0 Å². The van der Waals surface area contributed by atoms with Crippen molar-refractivity contribution in [3.8, 4) is 0 Å². The van der Waals surface area contributed by atoms with Crippen LogP contribution in [0, 0.1) is 0 Å². The number of aromatic nitrogens is 2. The second-order valence-electron chi connectivity index (χ2n) is 5.49. The highest BCUT2D eigenvalue weighted by Crippen LogP contribution is 2.28. The van der Waals surface area contributed by atoms with Crippen LogP contribution in [0.5, 0.6) is 0 Å². The minimum Gasteiger partial charge on any atom is -0.315 e. The zero-order chi connectivity index (χ0) is 14.2. The van der Waals surface area contributed by atoms with Crippen LogP contribution in [0.15, 0.2) is 36.5 Å². The van der Waals surface area contributed by atoms with Gasteiger partial charge in [-0.3, -0.25) is 4.79 Å². The number of carbonyl (C=O) groups is 1. The van der Waals surface area contributed by atoms with Crippen molar-refractivity contribution in [3.05, 3.63) is 53.6 Å². The third-order valence-electron chi connectivity index (χ3n) is 4.17. The van der Waals surface area contributed by atoms with Gasteiger partial charge < -0.3 is 10.2 Å². The molecule has 1 aromatic heterocycles. The summed E-state index contributed by atoms with van der Waals surface area (Å²) in [6.45, 7) is 2.51. The minimum absolute atomic E-state index is 0.0316. The molecule has 1 fully saturated rings. The average Bonchev–Trinajstić information content (AvgIpc) is 2.89. The summed E-state index contributed by atoms with van der Waals surface area (Å²) in [6, 6.07) is 9.76. The fourth-order valence-electron chi connectivity index (χ4n) is 2.85. The molecule has 2 aliphatic heterocycles. The van der Waals surface area contributed by atoms with Crippen LogP contribution in [0.1, 0.15) is 27.8 Å². The second-order valence-corrected chi connectivity index (χ2v) is 5.49. The molecule has 5 nitrogen and oxygen atoms in total. The molecule has 21 heavy (non-hydrogen) atoms. The summed E-state index contributed by atoms with van der Waals surface area (Å²) in [5, 5.41) is 3.20. The van der Waals surface area contributed by atoms with Gasteiger partial charge in [-0.15, -0.1) is 0 Å². The highest BCUT2D eigenvalue weighted by molar-refractivity contribution is 6.06. The Kier molecular flexibility index (Phi) is 2.93. The summed E-state index contributed by atoms with van der Waals surface area (Å²) in [5.41, 5.74) is 2.72. The number of hydrogen-bond acceptors (Lipinski definition) is 4. The van der Waals surface area contributed by atoms with E-state index in [9.17, 15) is 4.79 Å². The minimum atomic E-state index is -0.0316. The van der Waals surface area contributed by atoms with E-state index in [-0.39, 0.29) is 5.91 Å². The zero-order valence-corrected chi connectivity index (χ0v) is 11.6. The molecule has 0 spiro atoms. The Morgan fingerprint density at radius 2 is 2.10 bits per heavy atom. The topological polar surface area (TPSA) is 58.1 Å². The molecule has 0 radical (unpaired) electrons. The summed E-state index contributed by atoms with van der Waals surface area (Å²) in [4.78, 5) is 23.3. The summed E-state index contributed by atoms with van der Waals surface area (Å²) in [5.74, 6) is 1.08. The normalized spacial score (nSPS) is 17.4. The molecule has 2 aromatic rings. The SMILES string of the molecule is O=C(c1ccnc(C2CNC2)n1)N1CCc2ccccc21. The smallest absolute Gasteiger partial charge is 0.277 e. The Bertz CT molecular complexity index is 696. The predicted molar refractivity (Wildman–Crippen MR) is 79.5 cm³/mol. The molecule has 0 atom stereocenters. The van der Waals surface area contributed by atoms with Gasteiger partial charge in [-0.25, -0.2) is 9.97 Å². The van der Waals surface area contributed by atoms with Gasteiger partial charge in [0.2, 0.25) is 0 Å². The Morgan fingerprint density at radius 3 is 2.90 bits per heavy atom. The van der Waals surface area contributed by atoms with Gasteiger partial charge >= 0.3 is 0 Å². The Balaban J connectivity index is 1.63. The fourth-order valence-corrected chi connectivity index (χ4v) is 2.85. The lowest BCUT2D eigenvalue weighted by Crippen LogP contribution is -2.41. The number of hydrogen-bond donors (Lipinski definition) is 1. The predicted octanol–water partition coefficient (Wildman–Crippen LogP) is 1.37. The molecule has 4 rings (SSSR count). The summed E-state index contributed by atoms with van der Waals surface area (Å²) in [7, 11) is 0. The van der Waals surface area contributed by atoms with Crippen molar-refractivity contribution in [1.82, 2.24) is 15.3 Å². The molecule has 0 saturated carbocycles. The molecule has 0 bridgehead atoms. The van der Waals surface area contributed by atoms with Crippen LogP contribution in [0.2, 0.25) is 0 Å². The number of benzene rings is 1. The largest absolute Gasteiger partial charge is 0.315 e. The van der Waals surface area contributed by atoms with Gasteiger partial charge in [0.25, 0.3) is 5.91 Å². The molecule has 1 aromatic carbocycles. The first-order valence-corrected chi connectivity index (χ1v) is 7.26. The molecule has 1 saturated heterocycles. The molecule has 3 heterocycles. The number of para-hydroxylation sites is 1. The van der Waals surface area contributed by atoms with E-state index in [0.29, 0.717) is 11.6 Å². The third kappa shape index (κ3) is 2.10. The lowest BCUT2D eigenvalue weighted by molar-refractivity contribution is 0.0984. The highest BCUT2D eigenvalue weighted by atomic mass is 16.2. The van der Waals surface area contributed by atoms with Crippen molar-refractivity contribution >= 4 is 11.6 Å². The molecule has 0 aliphatic carbocycles. The molecular weight excluding hydrogens is 264 g/mol. The average molecular weight is 280 g/mol. The van der Waals surface area contributed by atoms with Gasteiger partial charge in [-0.05, 0) is 24.1 Å². The maximum Gasteiger partial charge on any atom is 0.277 e. The first kappa shape index (κ1) is 12.5. The number of anilines is 1. The molecule has 5 heteroatoms. The number of rotatable bonds is 2. The van der Waals surface area contributed by atoms with Crippen molar-refractivity contribution in [1.29, 1.82) is 0 Å². The van der Waals surface area contributed by atoms with Crippen molar-refractivity contribution in [3.63, 3.8) is 0 Å². The monoisotopic (exact) mass is 280 g/mol. The highest BCUT2D eigenvalue weighted by Gasteiger charge is 2.27. The maximum atomic E-state index is 12.7. The van der Waals surface area contributed by atoms with Crippen LogP contribution < -0.4 is 10.2 Å². The fraction of sp³-hybridized carbons (Fsp3) is 0.312. The van der Waals surface area contributed by atoms with Gasteiger partial charge in [-0.2, -0.15) is 0 Å². The van der Waals surface area contributed by atoms with E-state index in [1.165, 1.54) is 5.56 Å². The van der Waals surface area contributed by atoms with Crippen LogP contribution >= 0.6 is 0 Å². The third-order valence-corrected chi connectivity index (χ3v) is 4.17. The quantitative estimate of drug-likeness (QED) is 0.902. The van der Waals surface area contributed by atoms with Crippen LogP contribution in [0.3, 0.4) is 0 Å². The van der Waals surface area contributed by atoms with Gasteiger partial charge in [0.15, 0.2) is 0 Å². The number of nitrogens with one attached hydrogen (secondary N) is 1. The van der Waals surface area contributed by atoms with Crippen molar-refractivity contribution in [2.75, 3.05) is 24.5 Å². The number of carbonyl (C=O) groups excluding carboxylic acids is 1. The molecule has 106 valence electrons. The Labute approximate surface area is 123 Å². The van der Waals surface area contributed by atoms with E-state index in [2.05, 4.69) is 21.4 Å². The first-order valence-electron chi connectivity index (χ1n) is 7.26. The molecule has 2 aliphatic rings. The lowest BCUT2D eigenvalue weighted by atomic mass is 10.0. The van der Waals surface area contributed by atoms with E-state index in [4.69, 9.17) is 0 Å². The Morgan fingerprint density at radius 1 is 1.24 bits per heavy atom. The molecule has 0 unspecified atom stereocenters. The summed E-state index contributed by atoms with van der Waals surface area (Å²) in [6.07, 6.45) is 2.60. The van der Waals surface area contributed by atoms with Gasteiger partial charge in [-0.1, -0.05) is 18.2 Å². The molecule has 1 amide bonds. The van der Waals surface area contributed by atoms with Gasteiger partial charge in [0.05, 0.1) is 0 Å². The summed E-state index contributed by atoms with van der Waals surface area (Å²) >= 11 is 0. The van der Waals surface area contributed by atoms with Crippen molar-refractivity contribution in [2.24, 2.45) is 0 Å². The second kappa shape index (κ2) is 4.93. The molecular formula is C16H16N4O. The van der Waals surface area contributed by atoms with Gasteiger partial charge in [0.1, 0.15) is 11.5 Å². The number of nitrogens with zero attached hydrogens (tertiary/aromatic N) is 3. The van der Waals surface area contributed by atoms with Crippen molar-refractivity contribution in [2.45, 2.75) is 12.3 Å². The van der Waals surface area contributed by atoms with Gasteiger partial charge in [0, 0.05) is 37.4 Å². The number of fused-ring (bicyclic) bond motifs is 1. The first-order chi connectivity index (χ1) is 10.3. The molecule has 1 N–H and O–H groups in total. The van der Waals surface area contributed by atoms with E-state index < -0.39 is 0 Å². The summed E-state index contributed by atoms with van der Waals surface area (Å²) < 4.78 is 0. The van der Waals surface area contributed by atoms with Crippen molar-refractivity contribution < 1.29 is 4.79 Å². The van der Waals surface area contributed by atoms with Crippen LogP contribution in [-0.2, 0) is 6.42 Å². The van der Waals surface area contributed by atoms with E-state index in [1.807, 2.05) is 23.1 Å². The van der Waals surface area contributed by atoms with Crippen LogP contribution in [0.25, 0.3) is 0 Å². The maximum absolute atomic E-state index is 12.7. The van der Waals surface area contributed by atoms with Crippen LogP contribution in [0.4, 0.5) is 5.69 Å². The lowest BCUT2D eigenvalue weighted by Gasteiger charge is -2.25. The van der Waals surface area contributed by atoms with E-state index in [0.717, 1.165) is 37.6 Å². The van der Waals surface area contributed by atoms with E-state index in [1.54, 1.807) is 12.3 Å². The standard InChI is InChI=1S/C16H16N4O/c21-16(20-8-6-11-3-1-2-4-14(11)20)13-5-7-18-15(19-13)12-9-17-10-12/h1-5,7,12,17H,6,8-10H2. The number of amides is 1. The van der Waals surface area contributed by atoms with Crippen LogP contribution in [-0.4, -0.2) is 35.5 Å². The zero-order valence-electron chi connectivity index (χ0n) is 11.6.